The zero-order valence-corrected chi connectivity index (χ0v) is 12.6. The molecule has 2 N–H and O–H groups in total. The number of hydrogen-bond acceptors (Lipinski definition) is 4. The second-order valence-electron chi connectivity index (χ2n) is 4.57. The van der Waals surface area contributed by atoms with Gasteiger partial charge in [0.1, 0.15) is 11.3 Å². The number of amides is 1. The summed E-state index contributed by atoms with van der Waals surface area (Å²) in [5.41, 5.74) is 1.04. The van der Waals surface area contributed by atoms with Crippen LogP contribution in [0.1, 0.15) is 28.5 Å². The standard InChI is InChI=1S/C14H17NO3S2/c1-2-3-4-10(14(17)18)15-13(16)12-9-5-7-19-11(9)6-8-20-12/h2,5,7,10,12H,1,3-4,6,8H2,(H,15,16)(H,17,18). The molecule has 0 radical (unpaired) electrons. The van der Waals surface area contributed by atoms with Gasteiger partial charge in [-0.2, -0.15) is 0 Å². The summed E-state index contributed by atoms with van der Waals surface area (Å²) in [6, 6.07) is 1.13. The molecule has 2 heterocycles. The number of thioether (sulfide) groups is 1. The zero-order valence-electron chi connectivity index (χ0n) is 11.0. The third-order valence-electron chi connectivity index (χ3n) is 3.19. The fraction of sp³-hybridized carbons (Fsp3) is 0.429. The van der Waals surface area contributed by atoms with Gasteiger partial charge in [0, 0.05) is 4.88 Å². The van der Waals surface area contributed by atoms with Gasteiger partial charge < -0.3 is 10.4 Å². The Kier molecular flexibility index (Phi) is 5.25. The lowest BCUT2D eigenvalue weighted by Crippen LogP contribution is -2.42. The molecule has 20 heavy (non-hydrogen) atoms. The molecule has 1 aromatic rings. The van der Waals surface area contributed by atoms with Crippen molar-refractivity contribution in [2.45, 2.75) is 30.6 Å². The molecule has 2 unspecified atom stereocenters. The number of carbonyl (C=O) groups is 2. The van der Waals surface area contributed by atoms with Crippen molar-refractivity contribution in [3.63, 3.8) is 0 Å². The molecule has 0 saturated heterocycles. The topological polar surface area (TPSA) is 66.4 Å². The average molecular weight is 311 g/mol. The molecule has 0 bridgehead atoms. The van der Waals surface area contributed by atoms with Gasteiger partial charge >= 0.3 is 5.97 Å². The van der Waals surface area contributed by atoms with E-state index in [0.717, 1.165) is 17.7 Å². The number of carbonyl (C=O) groups excluding carboxylic acids is 1. The first-order chi connectivity index (χ1) is 9.63. The number of fused-ring (bicyclic) bond motifs is 1. The summed E-state index contributed by atoms with van der Waals surface area (Å²) in [4.78, 5) is 24.7. The molecule has 0 aromatic carbocycles. The van der Waals surface area contributed by atoms with E-state index in [1.165, 1.54) is 4.88 Å². The number of carboxylic acids is 1. The van der Waals surface area contributed by atoms with Crippen molar-refractivity contribution in [1.82, 2.24) is 5.32 Å². The SMILES string of the molecule is C=CCCC(NC(=O)C1SCCc2sccc21)C(=O)O. The van der Waals surface area contributed by atoms with Crippen LogP contribution in [-0.2, 0) is 16.0 Å². The first-order valence-electron chi connectivity index (χ1n) is 6.45. The Bertz CT molecular complexity index is 512. The van der Waals surface area contributed by atoms with Gasteiger partial charge in [-0.1, -0.05) is 6.08 Å². The summed E-state index contributed by atoms with van der Waals surface area (Å²) in [7, 11) is 0. The summed E-state index contributed by atoms with van der Waals surface area (Å²) in [5.74, 6) is -0.298. The van der Waals surface area contributed by atoms with Gasteiger partial charge in [0.2, 0.25) is 5.91 Å². The van der Waals surface area contributed by atoms with Crippen molar-refractivity contribution in [2.24, 2.45) is 0 Å². The Morgan fingerprint density at radius 1 is 1.60 bits per heavy atom. The molecule has 4 nitrogen and oxygen atoms in total. The van der Waals surface area contributed by atoms with Crippen molar-refractivity contribution in [3.05, 3.63) is 34.5 Å². The first-order valence-corrected chi connectivity index (χ1v) is 8.38. The van der Waals surface area contributed by atoms with E-state index < -0.39 is 12.0 Å². The van der Waals surface area contributed by atoms with E-state index in [4.69, 9.17) is 5.11 Å². The Balaban J connectivity index is 2.05. The molecule has 1 amide bonds. The van der Waals surface area contributed by atoms with Crippen molar-refractivity contribution in [1.29, 1.82) is 0 Å². The Morgan fingerprint density at radius 3 is 3.10 bits per heavy atom. The van der Waals surface area contributed by atoms with Gasteiger partial charge in [-0.15, -0.1) is 29.7 Å². The van der Waals surface area contributed by atoms with Crippen molar-refractivity contribution in [3.8, 4) is 0 Å². The molecule has 2 rings (SSSR count). The maximum absolute atomic E-state index is 12.3. The number of nitrogens with one attached hydrogen (secondary N) is 1. The minimum absolute atomic E-state index is 0.203. The summed E-state index contributed by atoms with van der Waals surface area (Å²) in [6.45, 7) is 3.58. The van der Waals surface area contributed by atoms with Crippen molar-refractivity contribution in [2.75, 3.05) is 5.75 Å². The van der Waals surface area contributed by atoms with Crippen LogP contribution in [-0.4, -0.2) is 28.8 Å². The minimum atomic E-state index is -0.994. The molecular formula is C14H17NO3S2. The van der Waals surface area contributed by atoms with Gasteiger partial charge in [-0.05, 0) is 42.0 Å². The normalized spacial score (nSPS) is 18.9. The molecule has 108 valence electrons. The predicted molar refractivity (Wildman–Crippen MR) is 82.2 cm³/mol. The lowest BCUT2D eigenvalue weighted by Gasteiger charge is -2.23. The summed E-state index contributed by atoms with van der Waals surface area (Å²) >= 11 is 3.24. The number of allylic oxidation sites excluding steroid dienone is 1. The highest BCUT2D eigenvalue weighted by Gasteiger charge is 2.30. The number of thiophene rings is 1. The lowest BCUT2D eigenvalue weighted by molar-refractivity contribution is -0.141. The molecule has 1 aliphatic heterocycles. The van der Waals surface area contributed by atoms with Crippen LogP contribution in [0.25, 0.3) is 0 Å². The van der Waals surface area contributed by atoms with Crippen LogP contribution < -0.4 is 5.32 Å². The Hall–Kier alpha value is -1.27. The maximum Gasteiger partial charge on any atom is 0.326 e. The predicted octanol–water partition coefficient (Wildman–Crippen LogP) is 2.61. The van der Waals surface area contributed by atoms with Crippen LogP contribution in [0.5, 0.6) is 0 Å². The number of aryl methyl sites for hydroxylation is 1. The molecule has 6 heteroatoms. The lowest BCUT2D eigenvalue weighted by atomic mass is 10.1. The van der Waals surface area contributed by atoms with Crippen LogP contribution in [0.15, 0.2) is 24.1 Å². The first kappa shape index (κ1) is 15.1. The highest BCUT2D eigenvalue weighted by molar-refractivity contribution is 8.00. The van der Waals surface area contributed by atoms with E-state index >= 15 is 0 Å². The molecule has 0 spiro atoms. The van der Waals surface area contributed by atoms with E-state index in [-0.39, 0.29) is 11.2 Å². The smallest absolute Gasteiger partial charge is 0.326 e. The Labute approximate surface area is 126 Å². The molecule has 2 atom stereocenters. The third kappa shape index (κ3) is 3.43. The van der Waals surface area contributed by atoms with E-state index in [2.05, 4.69) is 11.9 Å². The van der Waals surface area contributed by atoms with Gasteiger partial charge in [0.05, 0.1) is 0 Å². The number of rotatable bonds is 6. The van der Waals surface area contributed by atoms with E-state index in [1.807, 2.05) is 11.4 Å². The molecule has 0 fully saturated rings. The largest absolute Gasteiger partial charge is 0.480 e. The number of carboxylic acid groups (broad SMARTS) is 1. The van der Waals surface area contributed by atoms with Gasteiger partial charge in [0.15, 0.2) is 0 Å². The molecule has 0 saturated carbocycles. The van der Waals surface area contributed by atoms with Gasteiger partial charge in [-0.3, -0.25) is 4.79 Å². The van der Waals surface area contributed by atoms with Gasteiger partial charge in [-0.25, -0.2) is 4.79 Å². The quantitative estimate of drug-likeness (QED) is 0.793. The third-order valence-corrected chi connectivity index (χ3v) is 5.43. The summed E-state index contributed by atoms with van der Waals surface area (Å²) < 4.78 is 0. The van der Waals surface area contributed by atoms with Gasteiger partial charge in [0.25, 0.3) is 0 Å². The average Bonchev–Trinajstić information content (AvgIpc) is 2.90. The van der Waals surface area contributed by atoms with Crippen LogP contribution in [0.4, 0.5) is 0 Å². The fourth-order valence-corrected chi connectivity index (χ4v) is 4.45. The Morgan fingerprint density at radius 2 is 2.40 bits per heavy atom. The highest BCUT2D eigenvalue weighted by atomic mass is 32.2. The van der Waals surface area contributed by atoms with Crippen LogP contribution in [0.3, 0.4) is 0 Å². The summed E-state index contributed by atoms with van der Waals surface area (Å²) in [5, 5.41) is 13.5. The van der Waals surface area contributed by atoms with Crippen molar-refractivity contribution < 1.29 is 14.7 Å². The summed E-state index contributed by atoms with van der Waals surface area (Å²) in [6.07, 6.45) is 3.59. The molecule has 1 aromatic heterocycles. The number of hydrogen-bond donors (Lipinski definition) is 2. The van der Waals surface area contributed by atoms with E-state index in [9.17, 15) is 9.59 Å². The van der Waals surface area contributed by atoms with Crippen LogP contribution >= 0.6 is 23.1 Å². The second kappa shape index (κ2) is 6.95. The minimum Gasteiger partial charge on any atom is -0.480 e. The van der Waals surface area contributed by atoms with E-state index in [0.29, 0.717) is 12.8 Å². The molecular weight excluding hydrogens is 294 g/mol. The monoisotopic (exact) mass is 311 g/mol. The zero-order chi connectivity index (χ0) is 14.5. The van der Waals surface area contributed by atoms with Crippen LogP contribution in [0.2, 0.25) is 0 Å². The van der Waals surface area contributed by atoms with Crippen molar-refractivity contribution >= 4 is 35.0 Å². The number of aliphatic carboxylic acids is 1. The van der Waals surface area contributed by atoms with Crippen LogP contribution in [0, 0.1) is 0 Å². The fourth-order valence-electron chi connectivity index (χ4n) is 2.15. The highest BCUT2D eigenvalue weighted by Crippen LogP contribution is 2.39. The second-order valence-corrected chi connectivity index (χ2v) is 6.78. The molecule has 0 aliphatic carbocycles. The van der Waals surface area contributed by atoms with E-state index in [1.54, 1.807) is 29.2 Å². The maximum atomic E-state index is 12.3. The molecule has 1 aliphatic rings.